The molecule has 1 fully saturated rings. The highest BCUT2D eigenvalue weighted by Gasteiger charge is 2.54. The first kappa shape index (κ1) is 27.6. The zero-order valence-electron chi connectivity index (χ0n) is 19.4. The molecule has 3 heterocycles. The summed E-state index contributed by atoms with van der Waals surface area (Å²) in [4.78, 5) is 56.2. The van der Waals surface area contributed by atoms with Gasteiger partial charge in [0.1, 0.15) is 23.7 Å². The third kappa shape index (κ3) is 6.22. The number of rotatable bonds is 8. The lowest BCUT2D eigenvalue weighted by Crippen LogP contribution is -2.71. The zero-order valence-corrected chi connectivity index (χ0v) is 21.0. The van der Waals surface area contributed by atoms with Crippen LogP contribution < -0.4 is 16.8 Å². The van der Waals surface area contributed by atoms with E-state index in [9.17, 15) is 19.5 Å². The van der Waals surface area contributed by atoms with E-state index < -0.39 is 29.2 Å². The van der Waals surface area contributed by atoms with E-state index >= 15 is 0 Å². The predicted octanol–water partition coefficient (Wildman–Crippen LogP) is -0.0408. The van der Waals surface area contributed by atoms with Crippen molar-refractivity contribution in [1.29, 1.82) is 0 Å². The van der Waals surface area contributed by atoms with Gasteiger partial charge in [0.05, 0.1) is 0 Å². The molecule has 0 radical (unpaired) electrons. The molecule has 4 rings (SSSR count). The molecule has 2 aromatic rings. The number of fused-ring (bicyclic) bond motifs is 1. The number of oxime groups is 1. The van der Waals surface area contributed by atoms with E-state index in [2.05, 4.69) is 19.8 Å². The highest BCUT2D eigenvalue weighted by atomic mass is 32.2. The standard InChI is InChI=1S/C20H21N7O5S2.CH2O2/c1-9-8-33-18-13(17(29)27(18)14(9)19(30)31)23-16(28)12(15-24-20(22)34-26-15)25-32-7-11-4-2-10(6-21)3-5-11;2-1-3/h2-5,13,18H,6-8,21H2,1H3,(H,23,28)(H,30,31)(H2,22,24,26);1H,(H,2,3)/t13?,18-;/m1./s1. The van der Waals surface area contributed by atoms with Gasteiger partial charge in [0.25, 0.3) is 18.3 Å². The lowest BCUT2D eigenvalue weighted by molar-refractivity contribution is -0.150. The Kier molecular flexibility index (Phi) is 9.15. The van der Waals surface area contributed by atoms with Gasteiger partial charge in [-0.25, -0.2) is 4.79 Å². The smallest absolute Gasteiger partial charge is 0.352 e. The van der Waals surface area contributed by atoms with Gasteiger partial charge in [0, 0.05) is 23.8 Å². The van der Waals surface area contributed by atoms with E-state index in [1.165, 1.54) is 16.7 Å². The van der Waals surface area contributed by atoms with Crippen molar-refractivity contribution in [3.05, 3.63) is 52.5 Å². The van der Waals surface area contributed by atoms with Crippen molar-refractivity contribution in [2.24, 2.45) is 10.9 Å². The molecule has 2 amide bonds. The van der Waals surface area contributed by atoms with Crippen LogP contribution in [0, 0.1) is 0 Å². The van der Waals surface area contributed by atoms with E-state index in [0.29, 0.717) is 17.9 Å². The van der Waals surface area contributed by atoms with Gasteiger partial charge in [-0.2, -0.15) is 9.36 Å². The van der Waals surface area contributed by atoms with E-state index in [1.54, 1.807) is 6.92 Å². The monoisotopic (exact) mass is 549 g/mol. The molecule has 2 aliphatic rings. The molecule has 1 saturated heterocycles. The normalized spacial score (nSPS) is 18.7. The van der Waals surface area contributed by atoms with Crippen LogP contribution in [0.25, 0.3) is 0 Å². The first-order chi connectivity index (χ1) is 17.7. The topological polar surface area (TPSA) is 223 Å². The molecule has 1 aromatic heterocycles. The number of carbonyl (C=O) groups is 4. The zero-order chi connectivity index (χ0) is 27.1. The number of nitrogen functional groups attached to an aromatic ring is 1. The number of nitrogens with two attached hydrogens (primary N) is 2. The molecule has 16 heteroatoms. The van der Waals surface area contributed by atoms with Gasteiger partial charge in [-0.1, -0.05) is 29.4 Å². The fourth-order valence-electron chi connectivity index (χ4n) is 3.44. The molecular formula is C21H23N7O7S2. The summed E-state index contributed by atoms with van der Waals surface area (Å²) in [5, 5.41) is 22.5. The molecule has 0 aliphatic carbocycles. The van der Waals surface area contributed by atoms with E-state index in [0.717, 1.165) is 22.7 Å². The van der Waals surface area contributed by atoms with Gasteiger partial charge in [0.15, 0.2) is 5.13 Å². The maximum absolute atomic E-state index is 13.0. The number of aromatic nitrogens is 2. The largest absolute Gasteiger partial charge is 0.483 e. The van der Waals surface area contributed by atoms with Crippen molar-refractivity contribution in [2.45, 2.75) is 31.5 Å². The summed E-state index contributed by atoms with van der Waals surface area (Å²) in [6, 6.07) is 6.44. The number of nitrogens with zero attached hydrogens (tertiary/aromatic N) is 4. The van der Waals surface area contributed by atoms with Gasteiger partial charge in [0.2, 0.25) is 11.5 Å². The quantitative estimate of drug-likeness (QED) is 0.127. The summed E-state index contributed by atoms with van der Waals surface area (Å²) < 4.78 is 4.02. The Morgan fingerprint density at radius 3 is 2.54 bits per heavy atom. The molecule has 196 valence electrons. The molecular weight excluding hydrogens is 526 g/mol. The van der Waals surface area contributed by atoms with Crippen molar-refractivity contribution in [2.75, 3.05) is 11.5 Å². The number of thioether (sulfide) groups is 1. The Bertz CT molecular complexity index is 1250. The van der Waals surface area contributed by atoms with Gasteiger partial charge < -0.3 is 31.8 Å². The van der Waals surface area contributed by atoms with Gasteiger partial charge in [-0.05, 0) is 23.6 Å². The first-order valence-electron chi connectivity index (χ1n) is 10.6. The first-order valence-corrected chi connectivity index (χ1v) is 12.4. The molecule has 0 bridgehead atoms. The predicted molar refractivity (Wildman–Crippen MR) is 134 cm³/mol. The minimum Gasteiger partial charge on any atom is -0.483 e. The number of hydrogen-bond donors (Lipinski definition) is 5. The number of anilines is 1. The second kappa shape index (κ2) is 12.3. The second-order valence-corrected chi connectivity index (χ2v) is 9.48. The summed E-state index contributed by atoms with van der Waals surface area (Å²) >= 11 is 2.25. The Balaban J connectivity index is 0.00000121. The van der Waals surface area contributed by atoms with E-state index in [4.69, 9.17) is 26.2 Å². The molecule has 2 aliphatic heterocycles. The van der Waals surface area contributed by atoms with Gasteiger partial charge in [-0.15, -0.1) is 11.8 Å². The summed E-state index contributed by atoms with van der Waals surface area (Å²) in [7, 11) is 0. The summed E-state index contributed by atoms with van der Waals surface area (Å²) in [5.41, 5.74) is 13.3. The number of benzene rings is 1. The van der Waals surface area contributed by atoms with Crippen LogP contribution in [0.2, 0.25) is 0 Å². The Morgan fingerprint density at radius 1 is 1.32 bits per heavy atom. The third-order valence-electron chi connectivity index (χ3n) is 5.16. The maximum Gasteiger partial charge on any atom is 0.352 e. The number of amides is 2. The highest BCUT2D eigenvalue weighted by Crippen LogP contribution is 2.40. The van der Waals surface area contributed by atoms with Crippen LogP contribution in [0.4, 0.5) is 5.13 Å². The Labute approximate surface area is 218 Å². The SMILES string of the molecule is CC1=C(C(=O)O)N2C(=O)C(NC(=O)C(=NOCc3ccc(CN)cc3)c3nsc(N)n3)[C@H]2SC1.O=CO. The summed E-state index contributed by atoms with van der Waals surface area (Å²) in [6.45, 7) is 1.90. The Hall–Kier alpha value is -4.02. The van der Waals surface area contributed by atoms with Crippen molar-refractivity contribution in [1.82, 2.24) is 19.6 Å². The number of hydrogen-bond acceptors (Lipinski definition) is 12. The molecule has 37 heavy (non-hydrogen) atoms. The molecule has 2 atom stereocenters. The highest BCUT2D eigenvalue weighted by molar-refractivity contribution is 8.00. The molecule has 7 N–H and O–H groups in total. The minimum absolute atomic E-state index is 0.0413. The lowest BCUT2D eigenvalue weighted by Gasteiger charge is -2.49. The van der Waals surface area contributed by atoms with Crippen molar-refractivity contribution in [3.8, 4) is 0 Å². The summed E-state index contributed by atoms with van der Waals surface area (Å²) in [5.74, 6) is -2.05. The lowest BCUT2D eigenvalue weighted by atomic mass is 10.0. The molecule has 14 nitrogen and oxygen atoms in total. The summed E-state index contributed by atoms with van der Waals surface area (Å²) in [6.07, 6.45) is 0. The average molecular weight is 550 g/mol. The number of carboxylic acids is 1. The van der Waals surface area contributed by atoms with E-state index in [1.807, 2.05) is 24.3 Å². The minimum atomic E-state index is -1.18. The fraction of sp³-hybridized carbons (Fsp3) is 0.286. The van der Waals surface area contributed by atoms with Gasteiger partial charge in [-0.3, -0.25) is 19.3 Å². The van der Waals surface area contributed by atoms with Crippen molar-refractivity contribution in [3.63, 3.8) is 0 Å². The number of aliphatic carboxylic acids is 1. The average Bonchev–Trinajstić information content (AvgIpc) is 3.31. The van der Waals surface area contributed by atoms with Crippen LogP contribution in [0.5, 0.6) is 0 Å². The van der Waals surface area contributed by atoms with Crippen LogP contribution in [0.3, 0.4) is 0 Å². The van der Waals surface area contributed by atoms with Gasteiger partial charge >= 0.3 is 5.97 Å². The number of carbonyl (C=O) groups excluding carboxylic acids is 2. The van der Waals surface area contributed by atoms with Crippen molar-refractivity contribution >= 4 is 58.4 Å². The van der Waals surface area contributed by atoms with E-state index in [-0.39, 0.29) is 35.4 Å². The van der Waals surface area contributed by atoms with Crippen LogP contribution >= 0.6 is 23.3 Å². The second-order valence-electron chi connectivity index (χ2n) is 7.59. The van der Waals surface area contributed by atoms with Crippen molar-refractivity contribution < 1.29 is 34.2 Å². The molecule has 1 aromatic carbocycles. The number of carboxylic acid groups (broad SMARTS) is 2. The fourth-order valence-corrected chi connectivity index (χ4v) is 5.17. The number of nitrogens with one attached hydrogen (secondary N) is 1. The van der Waals surface area contributed by atoms with Crippen LogP contribution in [-0.4, -0.2) is 71.6 Å². The van der Waals surface area contributed by atoms with Crippen LogP contribution in [0.1, 0.15) is 23.9 Å². The molecule has 0 spiro atoms. The Morgan fingerprint density at radius 2 is 1.97 bits per heavy atom. The number of β-lactam (4-membered cyclic amide) rings is 1. The maximum atomic E-state index is 13.0. The van der Waals surface area contributed by atoms with Crippen LogP contribution in [0.15, 0.2) is 40.7 Å². The third-order valence-corrected chi connectivity index (χ3v) is 7.13. The molecule has 1 unspecified atom stereocenters. The van der Waals surface area contributed by atoms with Crippen LogP contribution in [-0.2, 0) is 37.2 Å². The molecule has 0 saturated carbocycles.